The molecule has 0 bridgehead atoms. The van der Waals surface area contributed by atoms with Gasteiger partial charge in [-0.1, -0.05) is 13.3 Å². The Morgan fingerprint density at radius 2 is 2.00 bits per heavy atom. The van der Waals surface area contributed by atoms with E-state index < -0.39 is 27.3 Å². The number of carbonyl (C=O) groups is 1. The van der Waals surface area contributed by atoms with E-state index in [-0.39, 0.29) is 6.42 Å². The van der Waals surface area contributed by atoms with Gasteiger partial charge >= 0.3 is 0 Å². The Hall–Kier alpha value is -0.420. The second-order valence-corrected chi connectivity index (χ2v) is 4.61. The minimum Gasteiger partial charge on any atom is -0.395 e. The first-order chi connectivity index (χ1) is 5.54. The maximum absolute atomic E-state index is 10.9. The zero-order chi connectivity index (χ0) is 9.61. The Bertz CT molecular complexity index is 230. The smallest absolute Gasteiger partial charge is 0.246 e. The van der Waals surface area contributed by atoms with Crippen molar-refractivity contribution in [2.75, 3.05) is 12.4 Å². The highest BCUT2D eigenvalue weighted by atomic mass is 32.2. The number of hydrogen-bond acceptors (Lipinski definition) is 4. The summed E-state index contributed by atoms with van der Waals surface area (Å²) in [5, 5.41) is 7.59. The molecular weight excluding hydrogens is 180 g/mol. The first-order valence-electron chi connectivity index (χ1n) is 3.91. The maximum atomic E-state index is 10.9. The topological polar surface area (TPSA) is 71.4 Å². The van der Waals surface area contributed by atoms with Gasteiger partial charge < -0.3 is 5.11 Å². The molecule has 12 heavy (non-hydrogen) atoms. The lowest BCUT2D eigenvalue weighted by Crippen LogP contribution is -2.20. The average molecular weight is 194 g/mol. The van der Waals surface area contributed by atoms with Gasteiger partial charge in [0.25, 0.3) is 0 Å². The van der Waals surface area contributed by atoms with E-state index in [1.807, 2.05) is 6.92 Å². The van der Waals surface area contributed by atoms with E-state index in [0.717, 1.165) is 6.42 Å². The molecular formula is C7H14O4S. The minimum absolute atomic E-state index is 0.0683. The third-order valence-corrected chi connectivity index (χ3v) is 3.06. The summed E-state index contributed by atoms with van der Waals surface area (Å²) in [5.41, 5.74) is 0. The Kier molecular flexibility index (Phi) is 5.08. The van der Waals surface area contributed by atoms with Crippen LogP contribution in [0.5, 0.6) is 0 Å². The van der Waals surface area contributed by atoms with Crippen LogP contribution in [0.25, 0.3) is 0 Å². The van der Waals surface area contributed by atoms with Crippen molar-refractivity contribution in [3.05, 3.63) is 0 Å². The van der Waals surface area contributed by atoms with Crippen LogP contribution in [0.2, 0.25) is 0 Å². The second kappa shape index (κ2) is 5.27. The molecule has 0 aliphatic carbocycles. The van der Waals surface area contributed by atoms with Crippen LogP contribution in [0, 0.1) is 0 Å². The summed E-state index contributed by atoms with van der Waals surface area (Å²) in [4.78, 5) is 10.9. The number of sulfone groups is 1. The fourth-order valence-electron chi connectivity index (χ4n) is 0.711. The predicted octanol–water partition coefficient (Wildman–Crippen LogP) is 0.110. The Morgan fingerprint density at radius 1 is 1.42 bits per heavy atom. The molecule has 0 fully saturated rings. The number of aliphatic hydroxyl groups excluding tert-OH is 1. The number of aliphatic hydroxyl groups is 1. The van der Waals surface area contributed by atoms with Crippen molar-refractivity contribution in [3.63, 3.8) is 0 Å². The lowest BCUT2D eigenvalue weighted by atomic mass is 10.3. The molecule has 72 valence electrons. The highest BCUT2D eigenvalue weighted by Gasteiger charge is 2.19. The van der Waals surface area contributed by atoms with Gasteiger partial charge in [-0.25, -0.2) is 8.42 Å². The standard InChI is InChI=1S/C7H14O4S/c1-2-3-4-7(9)12(10,11)6-5-8/h8H,2-6H2,1H3. The fraction of sp³-hybridized carbons (Fsp3) is 0.857. The molecule has 0 saturated heterocycles. The van der Waals surface area contributed by atoms with Crippen molar-refractivity contribution >= 4 is 15.0 Å². The Balaban J connectivity index is 4.08. The van der Waals surface area contributed by atoms with Gasteiger partial charge in [0.15, 0.2) is 0 Å². The van der Waals surface area contributed by atoms with Crippen molar-refractivity contribution in [1.29, 1.82) is 0 Å². The molecule has 1 N–H and O–H groups in total. The van der Waals surface area contributed by atoms with Crippen molar-refractivity contribution in [2.45, 2.75) is 26.2 Å². The lowest BCUT2D eigenvalue weighted by Gasteiger charge is -1.99. The molecule has 0 saturated carbocycles. The van der Waals surface area contributed by atoms with E-state index in [1.54, 1.807) is 0 Å². The SMILES string of the molecule is CCCCC(=O)S(=O)(=O)CCO. The first kappa shape index (κ1) is 11.6. The van der Waals surface area contributed by atoms with Gasteiger partial charge in [-0.05, 0) is 6.42 Å². The van der Waals surface area contributed by atoms with E-state index in [1.165, 1.54) is 0 Å². The van der Waals surface area contributed by atoms with Crippen molar-refractivity contribution in [3.8, 4) is 0 Å². The molecule has 0 aliphatic rings. The van der Waals surface area contributed by atoms with E-state index in [2.05, 4.69) is 0 Å². The third-order valence-electron chi connectivity index (χ3n) is 1.44. The van der Waals surface area contributed by atoms with Gasteiger partial charge in [0.2, 0.25) is 15.0 Å². The van der Waals surface area contributed by atoms with Gasteiger partial charge in [0.1, 0.15) is 0 Å². The van der Waals surface area contributed by atoms with Crippen LogP contribution in [0.3, 0.4) is 0 Å². The maximum Gasteiger partial charge on any atom is 0.246 e. The van der Waals surface area contributed by atoms with Crippen LogP contribution in [0.1, 0.15) is 26.2 Å². The second-order valence-electron chi connectivity index (χ2n) is 2.52. The molecule has 0 atom stereocenters. The molecule has 0 aromatic heterocycles. The van der Waals surface area contributed by atoms with Crippen LogP contribution in [-0.4, -0.2) is 31.0 Å². The summed E-state index contributed by atoms with van der Waals surface area (Å²) in [5.74, 6) is -0.449. The molecule has 0 radical (unpaired) electrons. The van der Waals surface area contributed by atoms with E-state index in [9.17, 15) is 13.2 Å². The average Bonchev–Trinajstić information content (AvgIpc) is 2.00. The minimum atomic E-state index is -3.67. The van der Waals surface area contributed by atoms with Crippen LogP contribution >= 0.6 is 0 Å². The molecule has 0 aromatic carbocycles. The summed E-state index contributed by atoms with van der Waals surface area (Å²) in [6, 6.07) is 0. The molecule has 0 unspecified atom stereocenters. The van der Waals surface area contributed by atoms with Crippen molar-refractivity contribution in [2.24, 2.45) is 0 Å². The molecule has 0 aliphatic heterocycles. The molecule has 5 heteroatoms. The zero-order valence-corrected chi connectivity index (χ0v) is 7.93. The van der Waals surface area contributed by atoms with Crippen LogP contribution in [-0.2, 0) is 14.6 Å². The van der Waals surface area contributed by atoms with Gasteiger partial charge in [-0.15, -0.1) is 0 Å². The fourth-order valence-corrected chi connectivity index (χ4v) is 1.63. The van der Waals surface area contributed by atoms with Crippen LogP contribution in [0.4, 0.5) is 0 Å². The van der Waals surface area contributed by atoms with E-state index in [0.29, 0.717) is 6.42 Å². The monoisotopic (exact) mass is 194 g/mol. The molecule has 0 amide bonds. The van der Waals surface area contributed by atoms with E-state index >= 15 is 0 Å². The molecule has 0 rings (SSSR count). The lowest BCUT2D eigenvalue weighted by molar-refractivity contribution is -0.111. The summed E-state index contributed by atoms with van der Waals surface area (Å²) >= 11 is 0. The van der Waals surface area contributed by atoms with Gasteiger partial charge in [0.05, 0.1) is 12.4 Å². The summed E-state index contributed by atoms with van der Waals surface area (Å²) in [6.45, 7) is 1.39. The molecule has 0 aromatic rings. The van der Waals surface area contributed by atoms with Crippen molar-refractivity contribution < 1.29 is 18.3 Å². The highest BCUT2D eigenvalue weighted by Crippen LogP contribution is 2.02. The number of hydrogen-bond donors (Lipinski definition) is 1. The summed E-state index contributed by atoms with van der Waals surface area (Å²) in [6.07, 6.45) is 1.45. The number of unbranched alkanes of at least 4 members (excludes halogenated alkanes) is 1. The highest BCUT2D eigenvalue weighted by molar-refractivity contribution is 8.06. The number of rotatable bonds is 5. The van der Waals surface area contributed by atoms with Crippen molar-refractivity contribution in [1.82, 2.24) is 0 Å². The summed E-state index contributed by atoms with van der Waals surface area (Å²) in [7, 11) is -3.67. The largest absolute Gasteiger partial charge is 0.395 e. The van der Waals surface area contributed by atoms with Crippen LogP contribution < -0.4 is 0 Å². The molecule has 4 nitrogen and oxygen atoms in total. The van der Waals surface area contributed by atoms with E-state index in [4.69, 9.17) is 5.11 Å². The van der Waals surface area contributed by atoms with Gasteiger partial charge in [-0.2, -0.15) is 0 Å². The molecule has 0 heterocycles. The first-order valence-corrected chi connectivity index (χ1v) is 5.56. The molecule has 0 spiro atoms. The normalized spacial score (nSPS) is 11.5. The zero-order valence-electron chi connectivity index (χ0n) is 7.12. The van der Waals surface area contributed by atoms with Crippen LogP contribution in [0.15, 0.2) is 0 Å². The number of carbonyl (C=O) groups excluding carboxylic acids is 1. The van der Waals surface area contributed by atoms with Gasteiger partial charge in [0, 0.05) is 6.42 Å². The Labute approximate surface area is 72.5 Å². The summed E-state index contributed by atoms with van der Waals surface area (Å²) < 4.78 is 21.9. The predicted molar refractivity (Wildman–Crippen MR) is 45.4 cm³/mol. The van der Waals surface area contributed by atoms with Gasteiger partial charge in [-0.3, -0.25) is 4.79 Å². The third kappa shape index (κ3) is 3.82. The quantitative estimate of drug-likeness (QED) is 0.674. The Morgan fingerprint density at radius 3 is 2.42 bits per heavy atom.